The molecular weight excluding hydrogens is 485 g/mol. The van der Waals surface area contributed by atoms with E-state index in [1.165, 1.54) is 13.0 Å². The molecule has 1 aromatic heterocycles. The standard InChI is InChI=1S/C20H15ClF5N7O/c1-9-5-11(20(24,25)26)10(8-27)18(29-9)33-4-3-15(30-31-28)17(33)19(34)32(2)16-6-12(21)13(22)7-14(16)23/h5-7,15,17H,3-4H2,1-2H3/t15-,17+/m1/s1/i2D3. The summed E-state index contributed by atoms with van der Waals surface area (Å²) in [6, 6.07) is -0.301. The van der Waals surface area contributed by atoms with Gasteiger partial charge in [-0.15, -0.1) is 0 Å². The Morgan fingerprint density at radius 3 is 2.71 bits per heavy atom. The molecule has 0 N–H and O–H groups in total. The number of benzene rings is 1. The topological polar surface area (TPSA) is 109 Å². The van der Waals surface area contributed by atoms with E-state index in [0.29, 0.717) is 12.1 Å². The third kappa shape index (κ3) is 4.55. The molecular formula is C20H15ClF5N7O. The van der Waals surface area contributed by atoms with Crippen molar-refractivity contribution in [3.63, 3.8) is 0 Å². The Morgan fingerprint density at radius 1 is 1.41 bits per heavy atom. The van der Waals surface area contributed by atoms with Gasteiger partial charge < -0.3 is 9.80 Å². The number of rotatable bonds is 4. The van der Waals surface area contributed by atoms with Gasteiger partial charge in [0.25, 0.3) is 0 Å². The number of nitriles is 1. The Labute approximate surface area is 199 Å². The van der Waals surface area contributed by atoms with Crippen LogP contribution in [0.2, 0.25) is 5.02 Å². The minimum atomic E-state index is -4.98. The SMILES string of the molecule is [2H]C([2H])([2H])N(C(=O)[C@@H]1[C@H](N=[N+]=[N-])CCN1c1nc(C)cc(C(F)(F)F)c1C#N)c1cc(Cl)c(F)cc1F. The summed E-state index contributed by atoms with van der Waals surface area (Å²) in [7, 11) is 0. The normalized spacial score (nSPS) is 19.5. The number of carbonyl (C=O) groups excluding carboxylic acids is 1. The van der Waals surface area contributed by atoms with Crippen LogP contribution in [0.3, 0.4) is 0 Å². The fraction of sp³-hybridized carbons (Fsp3) is 0.350. The van der Waals surface area contributed by atoms with Gasteiger partial charge in [-0.3, -0.25) is 4.79 Å². The van der Waals surface area contributed by atoms with Crippen molar-refractivity contribution in [1.82, 2.24) is 4.98 Å². The molecule has 0 saturated carbocycles. The van der Waals surface area contributed by atoms with Gasteiger partial charge in [-0.05, 0) is 31.0 Å². The van der Waals surface area contributed by atoms with Crippen LogP contribution >= 0.6 is 11.6 Å². The Bertz CT molecular complexity index is 1340. The molecule has 1 aromatic carbocycles. The first-order valence-electron chi connectivity index (χ1n) is 10.9. The molecule has 0 radical (unpaired) electrons. The maximum atomic E-state index is 14.7. The first-order valence-corrected chi connectivity index (χ1v) is 9.78. The van der Waals surface area contributed by atoms with Crippen LogP contribution in [-0.2, 0) is 11.0 Å². The van der Waals surface area contributed by atoms with E-state index in [1.54, 1.807) is 0 Å². The van der Waals surface area contributed by atoms with E-state index in [-0.39, 0.29) is 29.6 Å². The Morgan fingerprint density at radius 2 is 2.12 bits per heavy atom. The van der Waals surface area contributed by atoms with E-state index >= 15 is 0 Å². The zero-order chi connectivity index (χ0) is 27.9. The average molecular weight is 503 g/mol. The molecule has 3 rings (SSSR count). The van der Waals surface area contributed by atoms with Crippen molar-refractivity contribution in [3.8, 4) is 6.07 Å². The predicted molar refractivity (Wildman–Crippen MR) is 112 cm³/mol. The molecule has 8 nitrogen and oxygen atoms in total. The molecule has 0 spiro atoms. The van der Waals surface area contributed by atoms with Crippen molar-refractivity contribution < 1.29 is 30.9 Å². The highest BCUT2D eigenvalue weighted by Gasteiger charge is 2.44. The van der Waals surface area contributed by atoms with E-state index in [0.717, 1.165) is 4.90 Å². The molecule has 1 amide bonds. The molecule has 178 valence electrons. The number of anilines is 2. The highest BCUT2D eigenvalue weighted by molar-refractivity contribution is 6.31. The molecule has 1 saturated heterocycles. The molecule has 0 bridgehead atoms. The lowest BCUT2D eigenvalue weighted by molar-refractivity contribution is -0.137. The number of pyridine rings is 1. The fourth-order valence-electron chi connectivity index (χ4n) is 3.63. The van der Waals surface area contributed by atoms with Crippen LogP contribution in [0.25, 0.3) is 10.4 Å². The number of nitrogens with zero attached hydrogens (tertiary/aromatic N) is 7. The molecule has 0 aliphatic carbocycles. The van der Waals surface area contributed by atoms with E-state index in [1.807, 2.05) is 0 Å². The largest absolute Gasteiger partial charge is 0.417 e. The number of azide groups is 1. The van der Waals surface area contributed by atoms with Crippen molar-refractivity contribution in [3.05, 3.63) is 62.1 Å². The summed E-state index contributed by atoms with van der Waals surface area (Å²) in [5.74, 6) is -4.75. The first kappa shape index (κ1) is 20.9. The fourth-order valence-corrected chi connectivity index (χ4v) is 3.79. The van der Waals surface area contributed by atoms with E-state index in [2.05, 4.69) is 15.0 Å². The molecule has 1 aliphatic rings. The molecule has 2 heterocycles. The highest BCUT2D eigenvalue weighted by Crippen LogP contribution is 2.38. The number of aryl methyl sites for hydroxylation is 1. The van der Waals surface area contributed by atoms with Crippen LogP contribution < -0.4 is 9.80 Å². The van der Waals surface area contributed by atoms with Crippen molar-refractivity contribution in [1.29, 1.82) is 5.26 Å². The maximum absolute atomic E-state index is 14.7. The lowest BCUT2D eigenvalue weighted by atomic mass is 10.1. The minimum Gasteiger partial charge on any atom is -0.343 e. The Hall–Kier alpha value is -3.62. The monoisotopic (exact) mass is 502 g/mol. The third-order valence-corrected chi connectivity index (χ3v) is 5.38. The van der Waals surface area contributed by atoms with Crippen molar-refractivity contribution >= 4 is 29.0 Å². The summed E-state index contributed by atoms with van der Waals surface area (Å²) in [4.78, 5) is 21.2. The third-order valence-electron chi connectivity index (χ3n) is 5.09. The van der Waals surface area contributed by atoms with E-state index < -0.39 is 70.4 Å². The number of likely N-dealkylation sites (N-methyl/N-ethyl adjacent to an activating group) is 1. The number of halogens is 6. The van der Waals surface area contributed by atoms with Gasteiger partial charge in [-0.1, -0.05) is 16.7 Å². The van der Waals surface area contributed by atoms with Crippen LogP contribution in [0.15, 0.2) is 23.3 Å². The number of hydrogen-bond donors (Lipinski definition) is 0. The summed E-state index contributed by atoms with van der Waals surface area (Å²) in [5, 5.41) is 12.3. The lowest BCUT2D eigenvalue weighted by Gasteiger charge is -2.31. The molecule has 2 atom stereocenters. The van der Waals surface area contributed by atoms with Gasteiger partial charge >= 0.3 is 6.18 Å². The highest BCUT2D eigenvalue weighted by atomic mass is 35.5. The van der Waals surface area contributed by atoms with Gasteiger partial charge in [0.2, 0.25) is 5.91 Å². The maximum Gasteiger partial charge on any atom is 0.417 e. The minimum absolute atomic E-state index is 0.0248. The average Bonchev–Trinajstić information content (AvgIpc) is 3.19. The van der Waals surface area contributed by atoms with Gasteiger partial charge in [0.05, 0.1) is 22.3 Å². The predicted octanol–water partition coefficient (Wildman–Crippen LogP) is 5.13. The number of hydrogen-bond acceptors (Lipinski definition) is 5. The zero-order valence-electron chi connectivity index (χ0n) is 20.1. The van der Waals surface area contributed by atoms with Gasteiger partial charge in [0.15, 0.2) is 0 Å². The summed E-state index contributed by atoms with van der Waals surface area (Å²) in [6.07, 6.45) is -5.13. The molecule has 1 fully saturated rings. The van der Waals surface area contributed by atoms with Crippen LogP contribution in [0.1, 0.15) is 27.4 Å². The van der Waals surface area contributed by atoms with Crippen LogP contribution in [0, 0.1) is 29.9 Å². The number of amides is 1. The molecule has 1 aliphatic heterocycles. The Balaban J connectivity index is 2.26. The van der Waals surface area contributed by atoms with Gasteiger partial charge in [-0.2, -0.15) is 18.4 Å². The zero-order valence-corrected chi connectivity index (χ0v) is 17.9. The van der Waals surface area contributed by atoms with E-state index in [9.17, 15) is 32.0 Å². The van der Waals surface area contributed by atoms with Gasteiger partial charge in [-0.25, -0.2) is 13.8 Å². The first-order chi connectivity index (χ1) is 17.1. The lowest BCUT2D eigenvalue weighted by Crippen LogP contribution is -2.49. The van der Waals surface area contributed by atoms with Crippen LogP contribution in [-0.4, -0.2) is 36.5 Å². The summed E-state index contributed by atoms with van der Waals surface area (Å²) in [5.41, 5.74) is 5.55. The summed E-state index contributed by atoms with van der Waals surface area (Å²) in [6.45, 7) is -2.46. The van der Waals surface area contributed by atoms with E-state index in [4.69, 9.17) is 21.2 Å². The van der Waals surface area contributed by atoms with Gasteiger partial charge in [0, 0.05) is 34.3 Å². The second kappa shape index (κ2) is 9.32. The summed E-state index contributed by atoms with van der Waals surface area (Å²) < 4.78 is 92.8. The van der Waals surface area contributed by atoms with Crippen molar-refractivity contribution in [2.24, 2.45) is 5.11 Å². The second-order valence-corrected chi connectivity index (χ2v) is 7.62. The van der Waals surface area contributed by atoms with Crippen molar-refractivity contribution in [2.45, 2.75) is 31.6 Å². The van der Waals surface area contributed by atoms with Gasteiger partial charge in [0.1, 0.15) is 35.1 Å². The molecule has 0 unspecified atom stereocenters. The van der Waals surface area contributed by atoms with Crippen LogP contribution in [0.5, 0.6) is 0 Å². The quantitative estimate of drug-likeness (QED) is 0.190. The molecule has 2 aromatic rings. The molecule has 14 heteroatoms. The smallest absolute Gasteiger partial charge is 0.343 e. The summed E-state index contributed by atoms with van der Waals surface area (Å²) >= 11 is 5.67. The number of alkyl halides is 3. The molecule has 34 heavy (non-hydrogen) atoms. The number of aromatic nitrogens is 1. The number of carbonyl (C=O) groups is 1. The van der Waals surface area contributed by atoms with Crippen molar-refractivity contribution in [2.75, 3.05) is 23.3 Å². The van der Waals surface area contributed by atoms with Crippen LogP contribution in [0.4, 0.5) is 33.5 Å². The second-order valence-electron chi connectivity index (χ2n) is 7.21. The Kier molecular flexibility index (Phi) is 5.74.